The van der Waals surface area contributed by atoms with E-state index in [-0.39, 0.29) is 18.2 Å². The van der Waals surface area contributed by atoms with Crippen LogP contribution in [0.25, 0.3) is 0 Å². The van der Waals surface area contributed by atoms with Crippen molar-refractivity contribution < 1.29 is 14.7 Å². The van der Waals surface area contributed by atoms with E-state index in [0.717, 1.165) is 23.7 Å². The molecule has 0 heterocycles. The number of hydrogen-bond acceptors (Lipinski definition) is 4. The van der Waals surface area contributed by atoms with Gasteiger partial charge in [0.15, 0.2) is 0 Å². The molecular formula is C19H28BrN3O3. The van der Waals surface area contributed by atoms with Crippen LogP contribution in [0.5, 0.6) is 5.75 Å². The summed E-state index contributed by atoms with van der Waals surface area (Å²) in [6.07, 6.45) is 9.84. The molecule has 0 aromatic heterocycles. The number of benzene rings is 1. The van der Waals surface area contributed by atoms with Crippen LogP contribution < -0.4 is 10.7 Å². The van der Waals surface area contributed by atoms with E-state index in [1.165, 1.54) is 38.0 Å². The second-order valence-electron chi connectivity index (χ2n) is 6.14. The average Bonchev–Trinajstić information content (AvgIpc) is 2.62. The van der Waals surface area contributed by atoms with Crippen LogP contribution in [0.4, 0.5) is 0 Å². The molecule has 0 aliphatic carbocycles. The summed E-state index contributed by atoms with van der Waals surface area (Å²) < 4.78 is 0.792. The number of carbonyl (C=O) groups excluding carboxylic acids is 2. The molecule has 3 N–H and O–H groups in total. The molecule has 1 rings (SSSR count). The SMILES string of the molecule is CCCCCCCCCC(=O)NCC(=O)N/N=C/c1cc(Br)ccc1O. The van der Waals surface area contributed by atoms with E-state index in [2.05, 4.69) is 38.7 Å². The molecule has 0 atom stereocenters. The van der Waals surface area contributed by atoms with Gasteiger partial charge in [-0.2, -0.15) is 5.10 Å². The first-order chi connectivity index (χ1) is 12.5. The second kappa shape index (κ2) is 13.3. The molecule has 1 aromatic rings. The van der Waals surface area contributed by atoms with Gasteiger partial charge in [0.2, 0.25) is 5.91 Å². The molecule has 0 spiro atoms. The number of nitrogens with one attached hydrogen (secondary N) is 2. The summed E-state index contributed by atoms with van der Waals surface area (Å²) in [4.78, 5) is 23.3. The summed E-state index contributed by atoms with van der Waals surface area (Å²) in [5.41, 5.74) is 2.79. The van der Waals surface area contributed by atoms with E-state index in [9.17, 15) is 14.7 Å². The van der Waals surface area contributed by atoms with Gasteiger partial charge >= 0.3 is 0 Å². The van der Waals surface area contributed by atoms with Crippen LogP contribution in [-0.2, 0) is 9.59 Å². The van der Waals surface area contributed by atoms with E-state index >= 15 is 0 Å². The van der Waals surface area contributed by atoms with Crippen molar-refractivity contribution in [3.05, 3.63) is 28.2 Å². The quantitative estimate of drug-likeness (QED) is 0.269. The van der Waals surface area contributed by atoms with Crippen molar-refractivity contribution in [1.29, 1.82) is 0 Å². The molecule has 0 fully saturated rings. The van der Waals surface area contributed by atoms with Crippen LogP contribution in [0.1, 0.15) is 63.9 Å². The zero-order valence-electron chi connectivity index (χ0n) is 15.3. The Labute approximate surface area is 163 Å². The van der Waals surface area contributed by atoms with Crippen molar-refractivity contribution in [3.63, 3.8) is 0 Å². The Kier molecular flexibility index (Phi) is 11.4. The number of aromatic hydroxyl groups is 1. The van der Waals surface area contributed by atoms with Gasteiger partial charge in [-0.15, -0.1) is 0 Å². The molecule has 1 aromatic carbocycles. The van der Waals surface area contributed by atoms with Crippen LogP contribution in [0.15, 0.2) is 27.8 Å². The fraction of sp³-hybridized carbons (Fsp3) is 0.526. The Morgan fingerprint density at radius 2 is 1.81 bits per heavy atom. The van der Waals surface area contributed by atoms with Gasteiger partial charge in [0.1, 0.15) is 5.75 Å². The maximum atomic E-state index is 11.7. The van der Waals surface area contributed by atoms with Gasteiger partial charge in [-0.25, -0.2) is 5.43 Å². The number of hydrogen-bond donors (Lipinski definition) is 3. The third-order valence-corrected chi connectivity index (χ3v) is 4.33. The number of phenolic OH excluding ortho intramolecular Hbond substituents is 1. The fourth-order valence-corrected chi connectivity index (χ4v) is 2.73. The third-order valence-electron chi connectivity index (χ3n) is 3.84. The summed E-state index contributed by atoms with van der Waals surface area (Å²) in [7, 11) is 0. The van der Waals surface area contributed by atoms with Gasteiger partial charge in [0.05, 0.1) is 12.8 Å². The number of unbranched alkanes of at least 4 members (excludes halogenated alkanes) is 6. The lowest BCUT2D eigenvalue weighted by Crippen LogP contribution is -2.34. The van der Waals surface area contributed by atoms with Crippen molar-refractivity contribution in [2.45, 2.75) is 58.3 Å². The predicted octanol–water partition coefficient (Wildman–Crippen LogP) is 3.86. The van der Waals surface area contributed by atoms with E-state index in [1.54, 1.807) is 12.1 Å². The van der Waals surface area contributed by atoms with Crippen molar-refractivity contribution in [2.75, 3.05) is 6.54 Å². The van der Waals surface area contributed by atoms with E-state index in [1.807, 2.05) is 0 Å². The minimum atomic E-state index is -0.413. The van der Waals surface area contributed by atoms with Gasteiger partial charge in [0, 0.05) is 16.5 Å². The lowest BCUT2D eigenvalue weighted by molar-refractivity contribution is -0.126. The van der Waals surface area contributed by atoms with E-state index in [4.69, 9.17) is 0 Å². The summed E-state index contributed by atoms with van der Waals surface area (Å²) >= 11 is 3.29. The highest BCUT2D eigenvalue weighted by Gasteiger charge is 2.05. The molecule has 2 amide bonds. The van der Waals surface area contributed by atoms with Crippen molar-refractivity contribution >= 4 is 34.0 Å². The number of phenols is 1. The zero-order chi connectivity index (χ0) is 19.2. The second-order valence-corrected chi connectivity index (χ2v) is 7.06. The average molecular weight is 426 g/mol. The Morgan fingerprint density at radius 3 is 2.54 bits per heavy atom. The molecule has 0 aliphatic heterocycles. The molecule has 6 nitrogen and oxygen atoms in total. The minimum Gasteiger partial charge on any atom is -0.507 e. The summed E-state index contributed by atoms with van der Waals surface area (Å²) in [6.45, 7) is 2.08. The van der Waals surface area contributed by atoms with Crippen molar-refractivity contribution in [3.8, 4) is 5.75 Å². The van der Waals surface area contributed by atoms with Crippen LogP contribution in [0, 0.1) is 0 Å². The number of nitrogens with zero attached hydrogens (tertiary/aromatic N) is 1. The van der Waals surface area contributed by atoms with Crippen molar-refractivity contribution in [2.24, 2.45) is 5.10 Å². The monoisotopic (exact) mass is 425 g/mol. The molecule has 0 saturated heterocycles. The summed E-state index contributed by atoms with van der Waals surface area (Å²) in [5.74, 6) is -0.472. The molecule has 0 bridgehead atoms. The molecule has 144 valence electrons. The Bertz CT molecular complexity index is 606. The molecule has 0 unspecified atom stereocenters. The Morgan fingerprint density at radius 1 is 1.12 bits per heavy atom. The van der Waals surface area contributed by atoms with Crippen LogP contribution in [0.3, 0.4) is 0 Å². The standard InChI is InChI=1S/C19H28BrN3O3/c1-2-3-4-5-6-7-8-9-18(25)21-14-19(26)23-22-13-15-12-16(20)10-11-17(15)24/h10-13,24H,2-9,14H2,1H3,(H,21,25)(H,23,26)/b22-13+. The third kappa shape index (κ3) is 10.2. The molecule has 0 aliphatic rings. The number of hydrazone groups is 1. The van der Waals surface area contributed by atoms with Gasteiger partial charge in [-0.05, 0) is 24.6 Å². The maximum Gasteiger partial charge on any atom is 0.259 e. The smallest absolute Gasteiger partial charge is 0.259 e. The Balaban J connectivity index is 2.14. The molecular weight excluding hydrogens is 398 g/mol. The maximum absolute atomic E-state index is 11.7. The van der Waals surface area contributed by atoms with Gasteiger partial charge < -0.3 is 10.4 Å². The van der Waals surface area contributed by atoms with Gasteiger partial charge in [0.25, 0.3) is 5.91 Å². The summed E-state index contributed by atoms with van der Waals surface area (Å²) in [5, 5.41) is 16.0. The minimum absolute atomic E-state index is 0.0641. The first kappa shape index (κ1) is 22.2. The van der Waals surface area contributed by atoms with Crippen LogP contribution in [0.2, 0.25) is 0 Å². The lowest BCUT2D eigenvalue weighted by Gasteiger charge is -2.05. The van der Waals surface area contributed by atoms with Gasteiger partial charge in [-0.1, -0.05) is 61.4 Å². The predicted molar refractivity (Wildman–Crippen MR) is 107 cm³/mol. The molecule has 7 heteroatoms. The lowest BCUT2D eigenvalue weighted by atomic mass is 10.1. The highest BCUT2D eigenvalue weighted by atomic mass is 79.9. The Hall–Kier alpha value is -1.89. The number of halogens is 1. The first-order valence-corrected chi connectivity index (χ1v) is 9.89. The fourth-order valence-electron chi connectivity index (χ4n) is 2.35. The zero-order valence-corrected chi connectivity index (χ0v) is 16.8. The molecule has 0 saturated carbocycles. The number of rotatable bonds is 12. The van der Waals surface area contributed by atoms with Crippen LogP contribution >= 0.6 is 15.9 Å². The molecule has 0 radical (unpaired) electrons. The largest absolute Gasteiger partial charge is 0.507 e. The van der Waals surface area contributed by atoms with E-state index in [0.29, 0.717) is 12.0 Å². The highest BCUT2D eigenvalue weighted by molar-refractivity contribution is 9.10. The van der Waals surface area contributed by atoms with Crippen LogP contribution in [-0.4, -0.2) is 29.7 Å². The topological polar surface area (TPSA) is 90.8 Å². The van der Waals surface area contributed by atoms with Crippen molar-refractivity contribution in [1.82, 2.24) is 10.7 Å². The van der Waals surface area contributed by atoms with E-state index < -0.39 is 5.91 Å². The highest BCUT2D eigenvalue weighted by Crippen LogP contribution is 2.19. The molecule has 26 heavy (non-hydrogen) atoms. The van der Waals surface area contributed by atoms with Gasteiger partial charge in [-0.3, -0.25) is 9.59 Å². The normalized spacial score (nSPS) is 10.8. The number of carbonyl (C=O) groups is 2. The summed E-state index contributed by atoms with van der Waals surface area (Å²) in [6, 6.07) is 4.90. The first-order valence-electron chi connectivity index (χ1n) is 9.10. The number of amides is 2.